The fraction of sp³-hybridized carbons (Fsp3) is 0.219. The minimum Gasteiger partial charge on any atom is -0.301 e. The number of nitro groups is 1. The third-order valence-electron chi connectivity index (χ3n) is 7.91. The highest BCUT2D eigenvalue weighted by Crippen LogP contribution is 2.32. The van der Waals surface area contributed by atoms with Crippen LogP contribution in [0.25, 0.3) is 28.0 Å². The Balaban J connectivity index is 1.35. The number of hydrogen-bond donors (Lipinski definition) is 0. The number of nitrogens with zero attached hydrogens (tertiary/aromatic N) is 5. The van der Waals surface area contributed by atoms with Crippen LogP contribution in [0.2, 0.25) is 0 Å². The molecule has 220 valence electrons. The molecule has 6 rings (SSSR count). The zero-order valence-electron chi connectivity index (χ0n) is 23.8. The zero-order valence-corrected chi connectivity index (χ0v) is 24.6. The second-order valence-electron chi connectivity index (χ2n) is 10.8. The van der Waals surface area contributed by atoms with Gasteiger partial charge in [-0.05, 0) is 66.9 Å². The van der Waals surface area contributed by atoms with Crippen molar-refractivity contribution in [2.75, 3.05) is 26.2 Å². The van der Waals surface area contributed by atoms with E-state index in [-0.39, 0.29) is 23.7 Å². The van der Waals surface area contributed by atoms with E-state index in [0.29, 0.717) is 36.5 Å². The van der Waals surface area contributed by atoms with Gasteiger partial charge in [0.1, 0.15) is 11.5 Å². The van der Waals surface area contributed by atoms with Crippen LogP contribution >= 0.6 is 0 Å². The molecule has 1 fully saturated rings. The minimum atomic E-state index is -3.75. The molecule has 3 heterocycles. The molecule has 0 radical (unpaired) electrons. The molecule has 1 aliphatic heterocycles. The van der Waals surface area contributed by atoms with Crippen LogP contribution in [0, 0.1) is 29.8 Å². The molecule has 0 atom stereocenters. The van der Waals surface area contributed by atoms with Crippen molar-refractivity contribution in [3.8, 4) is 22.4 Å². The number of sulfonamides is 1. The van der Waals surface area contributed by atoms with Crippen LogP contribution in [0.4, 0.5) is 10.1 Å². The summed E-state index contributed by atoms with van der Waals surface area (Å²) in [5, 5.41) is 11.5. The maximum absolute atomic E-state index is 13.4. The van der Waals surface area contributed by atoms with E-state index in [1.807, 2.05) is 22.6 Å². The molecular formula is C32H30FN5O4S. The predicted molar refractivity (Wildman–Crippen MR) is 163 cm³/mol. The van der Waals surface area contributed by atoms with Crippen LogP contribution in [-0.4, -0.2) is 58.1 Å². The van der Waals surface area contributed by atoms with Crippen molar-refractivity contribution in [3.63, 3.8) is 0 Å². The SMILES string of the molecule is Cc1ccc(C)c(-c2ccc3nc(-c4cccc([N+](=O)[O-])c4)c(CN4CCN(S(=O)(=O)c5ccc(F)cc5)CC4)n3c2)c1. The zero-order chi connectivity index (χ0) is 30.3. The molecule has 0 bridgehead atoms. The molecule has 9 nitrogen and oxygen atoms in total. The molecule has 0 N–H and O–H groups in total. The monoisotopic (exact) mass is 599 g/mol. The van der Waals surface area contributed by atoms with Gasteiger partial charge in [-0.15, -0.1) is 0 Å². The summed E-state index contributed by atoms with van der Waals surface area (Å²) in [5.74, 6) is -0.489. The quantitative estimate of drug-likeness (QED) is 0.172. The standard InChI is InChI=1S/C32H30FN5O4S/c1-22-6-7-23(2)29(18-22)25-8-13-31-34-32(24-4-3-5-27(19-24)38(39)40)30(37(31)20-25)21-35-14-16-36(17-15-35)43(41,42)28-11-9-26(33)10-12-28/h3-13,18-20H,14-17,21H2,1-2H3. The van der Waals surface area contributed by atoms with E-state index in [4.69, 9.17) is 4.98 Å². The summed E-state index contributed by atoms with van der Waals surface area (Å²) in [4.78, 5) is 18.3. The molecule has 0 amide bonds. The molecule has 0 unspecified atom stereocenters. The molecular weight excluding hydrogens is 569 g/mol. The lowest BCUT2D eigenvalue weighted by Crippen LogP contribution is -2.48. The molecule has 1 aliphatic rings. The van der Waals surface area contributed by atoms with Gasteiger partial charge in [-0.3, -0.25) is 15.0 Å². The first-order valence-electron chi connectivity index (χ1n) is 13.9. The van der Waals surface area contributed by atoms with Crippen LogP contribution in [0.5, 0.6) is 0 Å². The Bertz CT molecular complexity index is 1950. The Morgan fingerprint density at radius 1 is 0.907 bits per heavy atom. The second kappa shape index (κ2) is 11.3. The fourth-order valence-electron chi connectivity index (χ4n) is 5.54. The van der Waals surface area contributed by atoms with Crippen molar-refractivity contribution in [1.29, 1.82) is 0 Å². The van der Waals surface area contributed by atoms with Gasteiger partial charge in [0.2, 0.25) is 10.0 Å². The van der Waals surface area contributed by atoms with Crippen molar-refractivity contribution < 1.29 is 17.7 Å². The van der Waals surface area contributed by atoms with Crippen LogP contribution < -0.4 is 0 Å². The maximum atomic E-state index is 13.4. The first kappa shape index (κ1) is 28.7. The van der Waals surface area contributed by atoms with Crippen LogP contribution in [0.1, 0.15) is 16.8 Å². The van der Waals surface area contributed by atoms with Gasteiger partial charge in [0.15, 0.2) is 0 Å². The minimum absolute atomic E-state index is 0.0174. The number of fused-ring (bicyclic) bond motifs is 1. The number of aromatic nitrogens is 2. The molecule has 5 aromatic rings. The Hall–Kier alpha value is -4.45. The first-order chi connectivity index (χ1) is 20.6. The molecule has 43 heavy (non-hydrogen) atoms. The number of halogens is 1. The van der Waals surface area contributed by atoms with E-state index in [1.165, 1.54) is 28.6 Å². The number of imidazole rings is 1. The number of benzene rings is 3. The van der Waals surface area contributed by atoms with Crippen molar-refractivity contribution in [2.45, 2.75) is 25.3 Å². The van der Waals surface area contributed by atoms with Crippen LogP contribution in [-0.2, 0) is 16.6 Å². The topological polar surface area (TPSA) is 101 Å². The summed E-state index contributed by atoms with van der Waals surface area (Å²) >= 11 is 0. The van der Waals surface area contributed by atoms with E-state index < -0.39 is 20.8 Å². The molecule has 2 aromatic heterocycles. The summed E-state index contributed by atoms with van der Waals surface area (Å²) in [5.41, 5.74) is 7.26. The largest absolute Gasteiger partial charge is 0.301 e. The van der Waals surface area contributed by atoms with Gasteiger partial charge in [-0.1, -0.05) is 35.9 Å². The lowest BCUT2D eigenvalue weighted by Gasteiger charge is -2.34. The summed E-state index contributed by atoms with van der Waals surface area (Å²) in [6, 6.07) is 21.6. The van der Waals surface area contributed by atoms with E-state index in [2.05, 4.69) is 43.1 Å². The fourth-order valence-corrected chi connectivity index (χ4v) is 6.97. The molecule has 0 saturated carbocycles. The van der Waals surface area contributed by atoms with Gasteiger partial charge >= 0.3 is 0 Å². The number of hydrogen-bond acceptors (Lipinski definition) is 6. The van der Waals surface area contributed by atoms with Gasteiger partial charge in [-0.2, -0.15) is 4.31 Å². The van der Waals surface area contributed by atoms with E-state index >= 15 is 0 Å². The molecule has 11 heteroatoms. The third kappa shape index (κ3) is 5.66. The van der Waals surface area contributed by atoms with E-state index in [1.54, 1.807) is 6.07 Å². The Morgan fingerprint density at radius 2 is 1.65 bits per heavy atom. The van der Waals surface area contributed by atoms with Gasteiger partial charge in [0.25, 0.3) is 5.69 Å². The average Bonchev–Trinajstić information content (AvgIpc) is 3.36. The summed E-state index contributed by atoms with van der Waals surface area (Å²) in [6.07, 6.45) is 2.05. The number of pyridine rings is 1. The molecule has 3 aromatic carbocycles. The van der Waals surface area contributed by atoms with Crippen molar-refractivity contribution in [3.05, 3.63) is 118 Å². The highest BCUT2D eigenvalue weighted by molar-refractivity contribution is 7.89. The normalized spacial score (nSPS) is 14.8. The Kier molecular flexibility index (Phi) is 7.55. The van der Waals surface area contributed by atoms with Crippen LogP contribution in [0.15, 0.2) is 90.0 Å². The first-order valence-corrected chi connectivity index (χ1v) is 15.4. The summed E-state index contributed by atoms with van der Waals surface area (Å²) in [6.45, 7) is 6.08. The average molecular weight is 600 g/mol. The van der Waals surface area contributed by atoms with E-state index in [9.17, 15) is 22.9 Å². The lowest BCUT2D eigenvalue weighted by atomic mass is 10.00. The van der Waals surface area contributed by atoms with Crippen molar-refractivity contribution >= 4 is 21.4 Å². The lowest BCUT2D eigenvalue weighted by molar-refractivity contribution is -0.384. The van der Waals surface area contributed by atoms with E-state index in [0.717, 1.165) is 40.1 Å². The Morgan fingerprint density at radius 3 is 2.37 bits per heavy atom. The molecule has 0 aliphatic carbocycles. The van der Waals surface area contributed by atoms with Gasteiger partial charge < -0.3 is 4.40 Å². The number of aryl methyl sites for hydroxylation is 2. The summed E-state index contributed by atoms with van der Waals surface area (Å²) in [7, 11) is -3.75. The number of rotatable bonds is 7. The smallest absolute Gasteiger partial charge is 0.270 e. The number of piperazine rings is 1. The van der Waals surface area contributed by atoms with Crippen molar-refractivity contribution in [2.24, 2.45) is 0 Å². The highest BCUT2D eigenvalue weighted by Gasteiger charge is 2.29. The van der Waals surface area contributed by atoms with Crippen LogP contribution in [0.3, 0.4) is 0 Å². The number of non-ortho nitro benzene ring substituents is 1. The highest BCUT2D eigenvalue weighted by atomic mass is 32.2. The van der Waals surface area contributed by atoms with Gasteiger partial charge in [-0.25, -0.2) is 17.8 Å². The number of nitro benzene ring substituents is 1. The van der Waals surface area contributed by atoms with Gasteiger partial charge in [0.05, 0.1) is 21.2 Å². The maximum Gasteiger partial charge on any atom is 0.270 e. The van der Waals surface area contributed by atoms with Gasteiger partial charge in [0, 0.05) is 56.6 Å². The predicted octanol–water partition coefficient (Wildman–Crippen LogP) is 5.84. The Labute approximate surface area is 249 Å². The molecule has 0 spiro atoms. The third-order valence-corrected chi connectivity index (χ3v) is 9.82. The molecule has 1 saturated heterocycles. The summed E-state index contributed by atoms with van der Waals surface area (Å²) < 4.78 is 43.2. The van der Waals surface area contributed by atoms with Crippen molar-refractivity contribution in [1.82, 2.24) is 18.6 Å². The second-order valence-corrected chi connectivity index (χ2v) is 12.8.